The molecule has 0 saturated heterocycles. The number of benzene rings is 2. The molecule has 1 amide bonds. The summed E-state index contributed by atoms with van der Waals surface area (Å²) in [4.78, 5) is 19.1. The van der Waals surface area contributed by atoms with Crippen molar-refractivity contribution in [1.29, 1.82) is 0 Å². The molecule has 0 aliphatic rings. The minimum atomic E-state index is -0.0548. The van der Waals surface area contributed by atoms with Crippen LogP contribution in [-0.4, -0.2) is 43.1 Å². The van der Waals surface area contributed by atoms with Crippen molar-refractivity contribution in [3.05, 3.63) is 65.4 Å². The highest BCUT2D eigenvalue weighted by atomic mass is 16.5. The summed E-state index contributed by atoms with van der Waals surface area (Å²) >= 11 is 0. The molecule has 0 fully saturated rings. The summed E-state index contributed by atoms with van der Waals surface area (Å²) in [6.07, 6.45) is 0. The number of carbonyl (C=O) groups excluding carboxylic acids is 1. The SMILES string of the molecule is COc1ccc(OCCN(C)C(=O)c2cc3ccc(C)cc3nc2C)cc1. The molecule has 0 atom stereocenters. The number of methoxy groups -OCH3 is 1. The average Bonchev–Trinajstić information content (AvgIpc) is 2.67. The fraction of sp³-hybridized carbons (Fsp3) is 0.273. The standard InChI is InChI=1S/C22H24N2O3/c1-15-5-6-17-14-20(16(2)23-21(17)13-15)22(25)24(3)11-12-27-19-9-7-18(26-4)8-10-19/h5-10,13-14H,11-12H2,1-4H3. The molecule has 5 heteroatoms. The van der Waals surface area contributed by atoms with Crippen LogP contribution in [0.1, 0.15) is 21.6 Å². The fourth-order valence-electron chi connectivity index (χ4n) is 2.87. The van der Waals surface area contributed by atoms with Crippen LogP contribution in [0.2, 0.25) is 0 Å². The van der Waals surface area contributed by atoms with Crippen molar-refractivity contribution in [2.24, 2.45) is 0 Å². The maximum absolute atomic E-state index is 12.8. The Labute approximate surface area is 159 Å². The lowest BCUT2D eigenvalue weighted by atomic mass is 10.1. The maximum Gasteiger partial charge on any atom is 0.255 e. The number of hydrogen-bond donors (Lipinski definition) is 0. The number of pyridine rings is 1. The zero-order chi connectivity index (χ0) is 19.4. The molecular weight excluding hydrogens is 340 g/mol. The van der Waals surface area contributed by atoms with Crippen LogP contribution in [-0.2, 0) is 0 Å². The molecule has 0 bridgehead atoms. The number of nitrogens with zero attached hydrogens (tertiary/aromatic N) is 2. The number of likely N-dealkylation sites (N-methyl/N-ethyl adjacent to an activating group) is 1. The zero-order valence-corrected chi connectivity index (χ0v) is 16.2. The average molecular weight is 364 g/mol. The van der Waals surface area contributed by atoms with E-state index in [9.17, 15) is 4.79 Å². The molecule has 2 aromatic carbocycles. The quantitative estimate of drug-likeness (QED) is 0.663. The molecule has 3 aromatic rings. The Bertz CT molecular complexity index is 952. The third-order valence-corrected chi connectivity index (χ3v) is 4.50. The molecule has 0 unspecified atom stereocenters. The molecule has 0 aliphatic carbocycles. The Hall–Kier alpha value is -3.08. The van der Waals surface area contributed by atoms with Gasteiger partial charge in [0.25, 0.3) is 5.91 Å². The highest BCUT2D eigenvalue weighted by molar-refractivity contribution is 5.98. The summed E-state index contributed by atoms with van der Waals surface area (Å²) in [7, 11) is 3.40. The largest absolute Gasteiger partial charge is 0.497 e. The van der Waals surface area contributed by atoms with Crippen LogP contribution in [0.4, 0.5) is 0 Å². The topological polar surface area (TPSA) is 51.7 Å². The molecule has 0 N–H and O–H groups in total. The fourth-order valence-corrected chi connectivity index (χ4v) is 2.87. The molecule has 0 saturated carbocycles. The van der Waals surface area contributed by atoms with E-state index in [2.05, 4.69) is 4.98 Å². The monoisotopic (exact) mass is 364 g/mol. The van der Waals surface area contributed by atoms with Gasteiger partial charge >= 0.3 is 0 Å². The van der Waals surface area contributed by atoms with Gasteiger partial charge in [0, 0.05) is 12.4 Å². The Morgan fingerprint density at radius 3 is 2.44 bits per heavy atom. The first kappa shape index (κ1) is 18.7. The van der Waals surface area contributed by atoms with E-state index < -0.39 is 0 Å². The Balaban J connectivity index is 1.65. The Morgan fingerprint density at radius 1 is 1.04 bits per heavy atom. The summed E-state index contributed by atoms with van der Waals surface area (Å²) in [5, 5.41) is 0.970. The first-order valence-corrected chi connectivity index (χ1v) is 8.88. The van der Waals surface area contributed by atoms with Gasteiger partial charge in [0.15, 0.2) is 0 Å². The third-order valence-electron chi connectivity index (χ3n) is 4.50. The molecule has 3 rings (SSSR count). The van der Waals surface area contributed by atoms with Crippen LogP contribution >= 0.6 is 0 Å². The molecule has 1 aromatic heterocycles. The van der Waals surface area contributed by atoms with Gasteiger partial charge in [-0.25, -0.2) is 0 Å². The second kappa shape index (κ2) is 8.08. The van der Waals surface area contributed by atoms with Gasteiger partial charge in [-0.05, 0) is 55.8 Å². The van der Waals surface area contributed by atoms with Crippen molar-refractivity contribution >= 4 is 16.8 Å². The van der Waals surface area contributed by atoms with Gasteiger partial charge < -0.3 is 14.4 Å². The summed E-state index contributed by atoms with van der Waals surface area (Å²) in [5.74, 6) is 1.47. The molecule has 27 heavy (non-hydrogen) atoms. The van der Waals surface area contributed by atoms with Crippen molar-refractivity contribution in [2.75, 3.05) is 27.3 Å². The number of fused-ring (bicyclic) bond motifs is 1. The van der Waals surface area contributed by atoms with Crippen molar-refractivity contribution in [2.45, 2.75) is 13.8 Å². The number of carbonyl (C=O) groups is 1. The predicted octanol–water partition coefficient (Wildman–Crippen LogP) is 4.01. The third kappa shape index (κ3) is 4.37. The summed E-state index contributed by atoms with van der Waals surface area (Å²) in [6, 6.07) is 15.4. The number of hydrogen-bond acceptors (Lipinski definition) is 4. The second-order valence-corrected chi connectivity index (χ2v) is 6.57. The van der Waals surface area contributed by atoms with Crippen LogP contribution < -0.4 is 9.47 Å². The lowest BCUT2D eigenvalue weighted by molar-refractivity contribution is 0.0773. The van der Waals surface area contributed by atoms with Crippen LogP contribution in [0.15, 0.2) is 48.5 Å². The maximum atomic E-state index is 12.8. The van der Waals surface area contributed by atoms with Crippen LogP contribution in [0.3, 0.4) is 0 Å². The number of rotatable bonds is 6. The minimum absolute atomic E-state index is 0.0548. The molecule has 0 radical (unpaired) electrons. The van der Waals surface area contributed by atoms with Gasteiger partial charge in [-0.3, -0.25) is 9.78 Å². The number of amides is 1. The molecule has 5 nitrogen and oxygen atoms in total. The Kier molecular flexibility index (Phi) is 5.60. The van der Waals surface area contributed by atoms with Crippen LogP contribution in [0.25, 0.3) is 10.9 Å². The minimum Gasteiger partial charge on any atom is -0.497 e. The zero-order valence-electron chi connectivity index (χ0n) is 16.2. The van der Waals surface area contributed by atoms with Gasteiger partial charge in [0.2, 0.25) is 0 Å². The Morgan fingerprint density at radius 2 is 1.74 bits per heavy atom. The lowest BCUT2D eigenvalue weighted by Crippen LogP contribution is -2.31. The number of aryl methyl sites for hydroxylation is 2. The second-order valence-electron chi connectivity index (χ2n) is 6.57. The smallest absolute Gasteiger partial charge is 0.255 e. The van der Waals surface area contributed by atoms with Crippen molar-refractivity contribution in [3.63, 3.8) is 0 Å². The highest BCUT2D eigenvalue weighted by Crippen LogP contribution is 2.20. The van der Waals surface area contributed by atoms with E-state index in [4.69, 9.17) is 9.47 Å². The van der Waals surface area contributed by atoms with E-state index in [0.29, 0.717) is 18.7 Å². The molecule has 0 spiro atoms. The summed E-state index contributed by atoms with van der Waals surface area (Å²) in [5.41, 5.74) is 3.43. The van der Waals surface area contributed by atoms with Crippen molar-refractivity contribution in [3.8, 4) is 11.5 Å². The molecule has 0 aliphatic heterocycles. The van der Waals surface area contributed by atoms with E-state index >= 15 is 0 Å². The first-order chi connectivity index (χ1) is 13.0. The van der Waals surface area contributed by atoms with Crippen LogP contribution in [0.5, 0.6) is 11.5 Å². The highest BCUT2D eigenvalue weighted by Gasteiger charge is 2.16. The van der Waals surface area contributed by atoms with Crippen molar-refractivity contribution in [1.82, 2.24) is 9.88 Å². The molecule has 1 heterocycles. The number of aromatic nitrogens is 1. The van der Waals surface area contributed by atoms with Crippen LogP contribution in [0, 0.1) is 13.8 Å². The van der Waals surface area contributed by atoms with Crippen molar-refractivity contribution < 1.29 is 14.3 Å². The predicted molar refractivity (Wildman–Crippen MR) is 107 cm³/mol. The molecular formula is C22H24N2O3. The van der Waals surface area contributed by atoms with E-state index in [1.165, 1.54) is 0 Å². The van der Waals surface area contributed by atoms with Gasteiger partial charge in [-0.15, -0.1) is 0 Å². The lowest BCUT2D eigenvalue weighted by Gasteiger charge is -2.19. The van der Waals surface area contributed by atoms with Gasteiger partial charge in [0.05, 0.1) is 30.4 Å². The van der Waals surface area contributed by atoms with E-state index in [0.717, 1.165) is 33.7 Å². The summed E-state index contributed by atoms with van der Waals surface area (Å²) < 4.78 is 10.8. The van der Waals surface area contributed by atoms with E-state index in [-0.39, 0.29) is 5.91 Å². The van der Waals surface area contributed by atoms with Gasteiger partial charge in [-0.2, -0.15) is 0 Å². The first-order valence-electron chi connectivity index (χ1n) is 8.88. The molecule has 140 valence electrons. The van der Waals surface area contributed by atoms with E-state index in [1.807, 2.05) is 62.4 Å². The number of ether oxygens (including phenoxy) is 2. The van der Waals surface area contributed by atoms with Gasteiger partial charge in [-0.1, -0.05) is 12.1 Å². The van der Waals surface area contributed by atoms with E-state index in [1.54, 1.807) is 19.1 Å². The van der Waals surface area contributed by atoms with Gasteiger partial charge in [0.1, 0.15) is 18.1 Å². The normalized spacial score (nSPS) is 10.7. The summed E-state index contributed by atoms with van der Waals surface area (Å²) in [6.45, 7) is 4.80.